The van der Waals surface area contributed by atoms with E-state index in [4.69, 9.17) is 4.74 Å². The SMILES string of the molecule is CC(=O)N1N=C(c2cccnc2)OC1c1ccc([N+](=O)[O-])cc1. The molecule has 1 aromatic heterocycles. The van der Waals surface area contributed by atoms with Crippen molar-refractivity contribution in [1.29, 1.82) is 0 Å². The van der Waals surface area contributed by atoms with Crippen molar-refractivity contribution < 1.29 is 14.5 Å². The van der Waals surface area contributed by atoms with E-state index in [1.54, 1.807) is 36.7 Å². The molecule has 0 N–H and O–H groups in total. The van der Waals surface area contributed by atoms with Crippen molar-refractivity contribution in [3.8, 4) is 0 Å². The topological polar surface area (TPSA) is 97.9 Å². The predicted molar refractivity (Wildman–Crippen MR) is 80.2 cm³/mol. The fourth-order valence-corrected chi connectivity index (χ4v) is 2.15. The van der Waals surface area contributed by atoms with Crippen LogP contribution in [0, 0.1) is 10.1 Å². The van der Waals surface area contributed by atoms with Gasteiger partial charge in [-0.15, -0.1) is 5.10 Å². The first-order valence-electron chi connectivity index (χ1n) is 6.76. The molecule has 0 fully saturated rings. The van der Waals surface area contributed by atoms with Gasteiger partial charge in [0, 0.05) is 37.0 Å². The van der Waals surface area contributed by atoms with Crippen molar-refractivity contribution in [2.75, 3.05) is 0 Å². The average Bonchev–Trinajstić information content (AvgIpc) is 3.01. The minimum atomic E-state index is -0.761. The predicted octanol–water partition coefficient (Wildman–Crippen LogP) is 2.23. The molecule has 0 bridgehead atoms. The fourth-order valence-electron chi connectivity index (χ4n) is 2.15. The standard InChI is InChI=1S/C15H12N4O4/c1-10(20)18-15(11-4-6-13(7-5-11)19(21)22)23-14(17-18)12-3-2-8-16-9-12/h2-9,15H,1H3. The second-order valence-electron chi connectivity index (χ2n) is 4.83. The highest BCUT2D eigenvalue weighted by molar-refractivity contribution is 5.96. The van der Waals surface area contributed by atoms with E-state index in [1.165, 1.54) is 24.1 Å². The van der Waals surface area contributed by atoms with Gasteiger partial charge in [0.05, 0.1) is 10.5 Å². The van der Waals surface area contributed by atoms with E-state index in [-0.39, 0.29) is 17.5 Å². The van der Waals surface area contributed by atoms with Crippen molar-refractivity contribution in [3.63, 3.8) is 0 Å². The molecule has 1 aromatic carbocycles. The van der Waals surface area contributed by atoms with Crippen molar-refractivity contribution in [2.24, 2.45) is 5.10 Å². The van der Waals surface area contributed by atoms with Gasteiger partial charge in [-0.05, 0) is 24.3 Å². The Bertz CT molecular complexity index is 774. The van der Waals surface area contributed by atoms with Gasteiger partial charge < -0.3 is 4.74 Å². The number of nitro groups is 1. The highest BCUT2D eigenvalue weighted by Crippen LogP contribution is 2.30. The van der Waals surface area contributed by atoms with Crippen LogP contribution in [0.5, 0.6) is 0 Å². The summed E-state index contributed by atoms with van der Waals surface area (Å²) in [6.45, 7) is 1.37. The Labute approximate surface area is 131 Å². The fraction of sp³-hybridized carbons (Fsp3) is 0.133. The number of rotatable bonds is 3. The Morgan fingerprint density at radius 1 is 1.30 bits per heavy atom. The molecule has 8 heteroatoms. The number of pyridine rings is 1. The number of carbonyl (C=O) groups is 1. The van der Waals surface area contributed by atoms with E-state index in [0.29, 0.717) is 11.1 Å². The lowest BCUT2D eigenvalue weighted by Crippen LogP contribution is -2.25. The number of non-ortho nitro benzene ring substituents is 1. The number of aromatic nitrogens is 1. The number of amides is 1. The van der Waals surface area contributed by atoms with E-state index in [9.17, 15) is 14.9 Å². The zero-order valence-corrected chi connectivity index (χ0v) is 12.1. The Morgan fingerprint density at radius 2 is 2.04 bits per heavy atom. The van der Waals surface area contributed by atoms with Crippen molar-refractivity contribution in [2.45, 2.75) is 13.2 Å². The molecule has 0 saturated heterocycles. The minimum absolute atomic E-state index is 0.0328. The zero-order chi connectivity index (χ0) is 16.4. The first-order valence-corrected chi connectivity index (χ1v) is 6.76. The number of nitrogens with zero attached hydrogens (tertiary/aromatic N) is 4. The summed E-state index contributed by atoms with van der Waals surface area (Å²) in [6.07, 6.45) is 2.44. The molecule has 2 aromatic rings. The molecule has 1 aliphatic rings. The van der Waals surface area contributed by atoms with E-state index in [0.717, 1.165) is 0 Å². The monoisotopic (exact) mass is 312 g/mol. The van der Waals surface area contributed by atoms with Crippen LogP contribution in [0.15, 0.2) is 53.9 Å². The highest BCUT2D eigenvalue weighted by Gasteiger charge is 2.33. The summed E-state index contributed by atoms with van der Waals surface area (Å²) >= 11 is 0. The van der Waals surface area contributed by atoms with Crippen LogP contribution in [-0.2, 0) is 9.53 Å². The molecular formula is C15H12N4O4. The third-order valence-electron chi connectivity index (χ3n) is 3.26. The lowest BCUT2D eigenvalue weighted by atomic mass is 10.1. The molecule has 0 aliphatic carbocycles. The van der Waals surface area contributed by atoms with Crippen molar-refractivity contribution in [3.05, 3.63) is 70.0 Å². The van der Waals surface area contributed by atoms with Gasteiger partial charge in [-0.3, -0.25) is 19.9 Å². The summed E-state index contributed by atoms with van der Waals surface area (Å²) in [5.41, 5.74) is 1.20. The first-order chi connectivity index (χ1) is 11.1. The number of hydrogen-bond donors (Lipinski definition) is 0. The summed E-state index contributed by atoms with van der Waals surface area (Å²) in [5, 5.41) is 16.1. The third kappa shape index (κ3) is 2.86. The van der Waals surface area contributed by atoms with Gasteiger partial charge in [-0.1, -0.05) is 0 Å². The summed E-state index contributed by atoms with van der Waals surface area (Å²) in [4.78, 5) is 26.0. The summed E-state index contributed by atoms with van der Waals surface area (Å²) in [7, 11) is 0. The van der Waals surface area contributed by atoms with Gasteiger partial charge in [0.1, 0.15) is 0 Å². The Hall–Kier alpha value is -3.29. The van der Waals surface area contributed by atoms with Gasteiger partial charge in [0.15, 0.2) is 0 Å². The molecule has 1 unspecified atom stereocenters. The second-order valence-corrected chi connectivity index (χ2v) is 4.83. The van der Waals surface area contributed by atoms with Crippen LogP contribution in [0.2, 0.25) is 0 Å². The third-order valence-corrected chi connectivity index (χ3v) is 3.26. The maximum atomic E-state index is 11.8. The molecule has 3 rings (SSSR count). The van der Waals surface area contributed by atoms with Crippen LogP contribution in [0.3, 0.4) is 0 Å². The molecule has 23 heavy (non-hydrogen) atoms. The summed E-state index contributed by atoms with van der Waals surface area (Å²) in [5.74, 6) is -0.0242. The molecule has 1 atom stereocenters. The molecule has 8 nitrogen and oxygen atoms in total. The van der Waals surface area contributed by atoms with Gasteiger partial charge in [0.2, 0.25) is 18.0 Å². The molecule has 1 amide bonds. The van der Waals surface area contributed by atoms with E-state index in [2.05, 4.69) is 10.1 Å². The van der Waals surface area contributed by atoms with Gasteiger partial charge in [-0.2, -0.15) is 5.01 Å². The van der Waals surface area contributed by atoms with Gasteiger partial charge in [-0.25, -0.2) is 0 Å². The highest BCUT2D eigenvalue weighted by atomic mass is 16.6. The number of carbonyl (C=O) groups excluding carboxylic acids is 1. The zero-order valence-electron chi connectivity index (χ0n) is 12.1. The number of hydrazone groups is 1. The summed E-state index contributed by atoms with van der Waals surface area (Å²) < 4.78 is 5.75. The van der Waals surface area contributed by atoms with E-state index >= 15 is 0 Å². The Balaban J connectivity index is 1.91. The Kier molecular flexibility index (Phi) is 3.71. The largest absolute Gasteiger partial charge is 0.446 e. The van der Waals surface area contributed by atoms with Gasteiger partial charge in [0.25, 0.3) is 5.69 Å². The number of ether oxygens (including phenoxy) is 1. The minimum Gasteiger partial charge on any atom is -0.446 e. The smallest absolute Gasteiger partial charge is 0.269 e. The molecule has 116 valence electrons. The van der Waals surface area contributed by atoms with Crippen LogP contribution in [0.4, 0.5) is 5.69 Å². The maximum Gasteiger partial charge on any atom is 0.269 e. The summed E-state index contributed by atoms with van der Waals surface area (Å²) in [6, 6.07) is 9.31. The normalized spacial score (nSPS) is 16.7. The molecule has 2 heterocycles. The Morgan fingerprint density at radius 3 is 2.61 bits per heavy atom. The van der Waals surface area contributed by atoms with Crippen LogP contribution in [0.1, 0.15) is 24.3 Å². The van der Waals surface area contributed by atoms with Crippen LogP contribution >= 0.6 is 0 Å². The lowest BCUT2D eigenvalue weighted by Gasteiger charge is -2.19. The maximum absolute atomic E-state index is 11.8. The lowest BCUT2D eigenvalue weighted by molar-refractivity contribution is -0.384. The molecule has 0 radical (unpaired) electrons. The van der Waals surface area contributed by atoms with E-state index in [1.807, 2.05) is 0 Å². The van der Waals surface area contributed by atoms with E-state index < -0.39 is 11.2 Å². The van der Waals surface area contributed by atoms with Crippen molar-refractivity contribution in [1.82, 2.24) is 9.99 Å². The van der Waals surface area contributed by atoms with Crippen LogP contribution < -0.4 is 0 Å². The molecule has 1 aliphatic heterocycles. The van der Waals surface area contributed by atoms with Crippen molar-refractivity contribution >= 4 is 17.5 Å². The van der Waals surface area contributed by atoms with Gasteiger partial charge >= 0.3 is 0 Å². The average molecular weight is 312 g/mol. The number of benzene rings is 1. The van der Waals surface area contributed by atoms with Crippen LogP contribution in [0.25, 0.3) is 0 Å². The van der Waals surface area contributed by atoms with Crippen LogP contribution in [-0.4, -0.2) is 26.7 Å². The first kappa shape index (κ1) is 14.6. The molecule has 0 spiro atoms. The molecular weight excluding hydrogens is 300 g/mol. The second kappa shape index (κ2) is 5.84. The quantitative estimate of drug-likeness (QED) is 0.639. The number of hydrogen-bond acceptors (Lipinski definition) is 6. The number of nitro benzene ring substituents is 1. The molecule has 0 saturated carbocycles.